The van der Waals surface area contributed by atoms with Crippen molar-refractivity contribution in [2.75, 3.05) is 6.54 Å². The number of carbonyl (C=O) groups excluding carboxylic acids is 1. The Hall–Kier alpha value is -1.51. The molecule has 0 radical (unpaired) electrons. The third-order valence-electron chi connectivity index (χ3n) is 4.14. The number of hydrogen-bond acceptors (Lipinski definition) is 2. The van der Waals surface area contributed by atoms with E-state index in [0.29, 0.717) is 12.0 Å². The van der Waals surface area contributed by atoms with Crippen molar-refractivity contribution in [1.82, 2.24) is 4.90 Å². The van der Waals surface area contributed by atoms with E-state index in [4.69, 9.17) is 4.74 Å². The average Bonchev–Trinajstić information content (AvgIpc) is 3.16. The van der Waals surface area contributed by atoms with Crippen LogP contribution in [-0.2, 0) is 11.2 Å². The Balaban J connectivity index is 1.66. The molecular weight excluding hydrogens is 250 g/mol. The molecule has 0 spiro atoms. The van der Waals surface area contributed by atoms with E-state index < -0.39 is 0 Å². The molecule has 3 nitrogen and oxygen atoms in total. The normalized spacial score (nSPS) is 20.6. The molecule has 1 fully saturated rings. The zero-order valence-corrected chi connectivity index (χ0v) is 12.3. The van der Waals surface area contributed by atoms with Gasteiger partial charge in [-0.2, -0.15) is 0 Å². The van der Waals surface area contributed by atoms with E-state index in [1.165, 1.54) is 0 Å². The van der Waals surface area contributed by atoms with E-state index >= 15 is 0 Å². The minimum absolute atomic E-state index is 0.185. The lowest BCUT2D eigenvalue weighted by molar-refractivity contribution is -0.138. The van der Waals surface area contributed by atoms with Crippen LogP contribution in [0.4, 0.5) is 0 Å². The number of carbonyl (C=O) groups is 1. The van der Waals surface area contributed by atoms with Gasteiger partial charge in [0.2, 0.25) is 0 Å². The molecule has 3 heteroatoms. The Morgan fingerprint density at radius 3 is 2.75 bits per heavy atom. The molecule has 0 aromatic heterocycles. The second-order valence-electron chi connectivity index (χ2n) is 6.36. The summed E-state index contributed by atoms with van der Waals surface area (Å²) in [4.78, 5) is 14.8. The Morgan fingerprint density at radius 2 is 2.10 bits per heavy atom. The average molecular weight is 273 g/mol. The highest BCUT2D eigenvalue weighted by Gasteiger charge is 2.38. The number of benzene rings is 1. The minimum Gasteiger partial charge on any atom is -0.480 e. The number of hydrogen-bond donors (Lipinski definition) is 0. The van der Waals surface area contributed by atoms with Crippen molar-refractivity contribution in [1.29, 1.82) is 0 Å². The van der Waals surface area contributed by atoms with Gasteiger partial charge in [-0.05, 0) is 36.8 Å². The molecule has 1 unspecified atom stereocenters. The van der Waals surface area contributed by atoms with Crippen LogP contribution in [0.2, 0.25) is 0 Å². The van der Waals surface area contributed by atoms with Crippen LogP contribution in [0, 0.1) is 5.92 Å². The molecule has 2 aliphatic rings. The summed E-state index contributed by atoms with van der Waals surface area (Å²) in [6.45, 7) is 5.28. The summed E-state index contributed by atoms with van der Waals surface area (Å²) < 4.78 is 5.84. The molecule has 1 aromatic carbocycles. The fourth-order valence-electron chi connectivity index (χ4n) is 2.76. The molecule has 1 saturated carbocycles. The predicted molar refractivity (Wildman–Crippen MR) is 78.8 cm³/mol. The molecule has 0 N–H and O–H groups in total. The fourth-order valence-corrected chi connectivity index (χ4v) is 2.76. The summed E-state index contributed by atoms with van der Waals surface area (Å²) in [5.41, 5.74) is 1.16. The summed E-state index contributed by atoms with van der Waals surface area (Å²) in [5.74, 6) is 1.69. The fraction of sp³-hybridized carbons (Fsp3) is 0.588. The first kappa shape index (κ1) is 13.5. The van der Waals surface area contributed by atoms with Crippen LogP contribution >= 0.6 is 0 Å². The van der Waals surface area contributed by atoms with Gasteiger partial charge in [0, 0.05) is 19.0 Å². The van der Waals surface area contributed by atoms with Crippen LogP contribution in [-0.4, -0.2) is 29.5 Å². The molecule has 1 heterocycles. The van der Waals surface area contributed by atoms with E-state index in [9.17, 15) is 4.79 Å². The smallest absolute Gasteiger partial charge is 0.264 e. The number of amides is 1. The molecule has 20 heavy (non-hydrogen) atoms. The van der Waals surface area contributed by atoms with Crippen molar-refractivity contribution in [3.63, 3.8) is 0 Å². The van der Waals surface area contributed by atoms with Gasteiger partial charge in [-0.15, -0.1) is 0 Å². The summed E-state index contributed by atoms with van der Waals surface area (Å²) in [7, 11) is 0. The van der Waals surface area contributed by atoms with E-state index in [-0.39, 0.29) is 12.0 Å². The summed E-state index contributed by atoms with van der Waals surface area (Å²) in [6, 6.07) is 8.44. The molecular formula is C17H23NO2. The maximum absolute atomic E-state index is 12.7. The van der Waals surface area contributed by atoms with Gasteiger partial charge in [-0.25, -0.2) is 0 Å². The number of rotatable bonds is 5. The lowest BCUT2D eigenvalue weighted by Crippen LogP contribution is -2.43. The van der Waals surface area contributed by atoms with Crippen molar-refractivity contribution in [3.05, 3.63) is 29.8 Å². The molecule has 0 saturated heterocycles. The SMILES string of the molecule is CC(C)CCN(C(=O)C1Cc2ccccc2O1)C1CC1. The van der Waals surface area contributed by atoms with Gasteiger partial charge in [0.1, 0.15) is 5.75 Å². The van der Waals surface area contributed by atoms with E-state index in [2.05, 4.69) is 24.8 Å². The van der Waals surface area contributed by atoms with E-state index in [0.717, 1.165) is 43.5 Å². The standard InChI is InChI=1S/C17H23NO2/c1-12(2)9-10-18(14-7-8-14)17(19)16-11-13-5-3-4-6-15(13)20-16/h3-6,12,14,16H,7-11H2,1-2H3. The monoisotopic (exact) mass is 273 g/mol. The molecule has 108 valence electrons. The highest BCUT2D eigenvalue weighted by atomic mass is 16.5. The van der Waals surface area contributed by atoms with Crippen molar-refractivity contribution in [2.24, 2.45) is 5.92 Å². The molecule has 0 bridgehead atoms. The van der Waals surface area contributed by atoms with Gasteiger partial charge in [0.15, 0.2) is 6.10 Å². The number of nitrogens with zero attached hydrogens (tertiary/aromatic N) is 1. The first-order valence-corrected chi connectivity index (χ1v) is 7.70. The topological polar surface area (TPSA) is 29.5 Å². The second-order valence-corrected chi connectivity index (χ2v) is 6.36. The summed E-state index contributed by atoms with van der Waals surface area (Å²) in [6.07, 6.45) is 3.80. The minimum atomic E-state index is -0.305. The second kappa shape index (κ2) is 5.47. The van der Waals surface area contributed by atoms with Crippen LogP contribution in [0.5, 0.6) is 5.75 Å². The van der Waals surface area contributed by atoms with Gasteiger partial charge >= 0.3 is 0 Å². The first-order chi connectivity index (χ1) is 9.65. The zero-order valence-electron chi connectivity index (χ0n) is 12.3. The van der Waals surface area contributed by atoms with E-state index in [1.807, 2.05) is 18.2 Å². The van der Waals surface area contributed by atoms with Gasteiger partial charge in [0.25, 0.3) is 5.91 Å². The predicted octanol–water partition coefficient (Wildman–Crippen LogP) is 3.03. The van der Waals surface area contributed by atoms with Crippen LogP contribution in [0.3, 0.4) is 0 Å². The van der Waals surface area contributed by atoms with Crippen LogP contribution in [0.1, 0.15) is 38.7 Å². The molecule has 1 aliphatic carbocycles. The lowest BCUT2D eigenvalue weighted by atomic mass is 10.1. The van der Waals surface area contributed by atoms with Crippen molar-refractivity contribution < 1.29 is 9.53 Å². The third-order valence-corrected chi connectivity index (χ3v) is 4.14. The lowest BCUT2D eigenvalue weighted by Gasteiger charge is -2.26. The number of ether oxygens (including phenoxy) is 1. The van der Waals surface area contributed by atoms with E-state index in [1.54, 1.807) is 0 Å². The molecule has 1 atom stereocenters. The van der Waals surface area contributed by atoms with Crippen molar-refractivity contribution in [2.45, 2.75) is 51.7 Å². The van der Waals surface area contributed by atoms with Crippen LogP contribution in [0.15, 0.2) is 24.3 Å². The molecule has 1 amide bonds. The summed E-state index contributed by atoms with van der Waals surface area (Å²) >= 11 is 0. The third kappa shape index (κ3) is 2.82. The van der Waals surface area contributed by atoms with Gasteiger partial charge in [-0.1, -0.05) is 32.0 Å². The van der Waals surface area contributed by atoms with Crippen LogP contribution in [0.25, 0.3) is 0 Å². The highest BCUT2D eigenvalue weighted by Crippen LogP contribution is 2.32. The highest BCUT2D eigenvalue weighted by molar-refractivity contribution is 5.83. The van der Waals surface area contributed by atoms with Gasteiger partial charge < -0.3 is 9.64 Å². The Bertz CT molecular complexity index is 469. The zero-order chi connectivity index (χ0) is 14.1. The number of para-hydroxylation sites is 1. The first-order valence-electron chi connectivity index (χ1n) is 7.70. The molecule has 1 aromatic rings. The molecule has 1 aliphatic heterocycles. The van der Waals surface area contributed by atoms with Crippen LogP contribution < -0.4 is 4.74 Å². The van der Waals surface area contributed by atoms with Crippen molar-refractivity contribution >= 4 is 5.91 Å². The Morgan fingerprint density at radius 1 is 1.35 bits per heavy atom. The largest absolute Gasteiger partial charge is 0.480 e. The Labute approximate surface area is 120 Å². The summed E-state index contributed by atoms with van der Waals surface area (Å²) in [5, 5.41) is 0. The van der Waals surface area contributed by atoms with Crippen molar-refractivity contribution in [3.8, 4) is 5.75 Å². The quantitative estimate of drug-likeness (QED) is 0.825. The van der Waals surface area contributed by atoms with Gasteiger partial charge in [-0.3, -0.25) is 4.79 Å². The maximum Gasteiger partial charge on any atom is 0.264 e. The Kier molecular flexibility index (Phi) is 3.68. The molecule has 3 rings (SSSR count). The van der Waals surface area contributed by atoms with Gasteiger partial charge in [0.05, 0.1) is 0 Å². The number of fused-ring (bicyclic) bond motifs is 1. The maximum atomic E-state index is 12.7.